The minimum atomic E-state index is -0.000585. The number of rotatable bonds is 4. The molecule has 0 aromatic heterocycles. The fraction of sp³-hybridized carbons (Fsp3) is 0.278. The fourth-order valence-corrected chi connectivity index (χ4v) is 2.30. The maximum Gasteiger partial charge on any atom is 0.254 e. The Morgan fingerprint density at radius 3 is 2.33 bits per heavy atom. The molecule has 0 aliphatic heterocycles. The van der Waals surface area contributed by atoms with Crippen LogP contribution in [0.5, 0.6) is 0 Å². The van der Waals surface area contributed by atoms with Crippen molar-refractivity contribution in [3.05, 3.63) is 64.7 Å². The molecule has 110 valence electrons. The van der Waals surface area contributed by atoms with E-state index in [9.17, 15) is 4.79 Å². The Morgan fingerprint density at radius 1 is 1.10 bits per heavy atom. The minimum absolute atomic E-state index is 0.000585. The van der Waals surface area contributed by atoms with Crippen LogP contribution in [0.15, 0.2) is 42.5 Å². The van der Waals surface area contributed by atoms with Crippen molar-refractivity contribution in [3.8, 4) is 0 Å². The van der Waals surface area contributed by atoms with E-state index in [1.54, 1.807) is 11.0 Å². The van der Waals surface area contributed by atoms with Crippen LogP contribution in [0.25, 0.3) is 0 Å². The lowest BCUT2D eigenvalue weighted by molar-refractivity contribution is 0.0784. The van der Waals surface area contributed by atoms with Crippen LogP contribution in [0, 0.1) is 6.92 Å². The summed E-state index contributed by atoms with van der Waals surface area (Å²) in [5.74, 6) is -0.000585. The van der Waals surface area contributed by atoms with E-state index in [0.717, 1.165) is 17.5 Å². The first kappa shape index (κ1) is 15.1. The van der Waals surface area contributed by atoms with Crippen LogP contribution in [0.3, 0.4) is 0 Å². The lowest BCUT2D eigenvalue weighted by Crippen LogP contribution is -2.27. The molecular formula is C18H22N2O. The molecule has 2 aromatic rings. The maximum atomic E-state index is 12.5. The van der Waals surface area contributed by atoms with Gasteiger partial charge in [-0.1, -0.05) is 37.3 Å². The standard InChI is InChI=1S/C18H22N2O/c1-4-14-6-8-15(9-7-14)12-20(3)18(21)17-11-16(19)10-5-13(17)2/h5-11H,4,12,19H2,1-3H3. The highest BCUT2D eigenvalue weighted by molar-refractivity contribution is 5.96. The molecule has 21 heavy (non-hydrogen) atoms. The summed E-state index contributed by atoms with van der Waals surface area (Å²) in [6.07, 6.45) is 1.03. The molecule has 0 unspecified atom stereocenters. The van der Waals surface area contributed by atoms with Crippen molar-refractivity contribution >= 4 is 11.6 Å². The first-order chi connectivity index (χ1) is 10.0. The number of carbonyl (C=O) groups is 1. The van der Waals surface area contributed by atoms with Crippen LogP contribution in [0.1, 0.15) is 34.0 Å². The van der Waals surface area contributed by atoms with Gasteiger partial charge in [0.05, 0.1) is 0 Å². The van der Waals surface area contributed by atoms with Gasteiger partial charge in [0.25, 0.3) is 5.91 Å². The predicted octanol–water partition coefficient (Wildman–Crippen LogP) is 3.41. The SMILES string of the molecule is CCc1ccc(CN(C)C(=O)c2cc(N)ccc2C)cc1. The molecule has 0 heterocycles. The molecule has 2 aromatic carbocycles. The Labute approximate surface area is 126 Å². The molecule has 3 heteroatoms. The number of nitrogens with two attached hydrogens (primary N) is 1. The highest BCUT2D eigenvalue weighted by atomic mass is 16.2. The van der Waals surface area contributed by atoms with Gasteiger partial charge >= 0.3 is 0 Å². The van der Waals surface area contributed by atoms with Gasteiger partial charge in [-0.25, -0.2) is 0 Å². The first-order valence-electron chi connectivity index (χ1n) is 7.20. The molecule has 0 saturated heterocycles. The van der Waals surface area contributed by atoms with Gasteiger partial charge in [-0.3, -0.25) is 4.79 Å². The second-order valence-electron chi connectivity index (χ2n) is 5.41. The van der Waals surface area contributed by atoms with Crippen molar-refractivity contribution in [2.75, 3.05) is 12.8 Å². The van der Waals surface area contributed by atoms with Gasteiger partial charge in [0.2, 0.25) is 0 Å². The average Bonchev–Trinajstić information content (AvgIpc) is 2.49. The monoisotopic (exact) mass is 282 g/mol. The summed E-state index contributed by atoms with van der Waals surface area (Å²) in [7, 11) is 1.82. The fourth-order valence-electron chi connectivity index (χ4n) is 2.30. The molecule has 0 saturated carbocycles. The number of hydrogen-bond acceptors (Lipinski definition) is 2. The Kier molecular flexibility index (Phi) is 4.63. The summed E-state index contributed by atoms with van der Waals surface area (Å²) in [6, 6.07) is 13.8. The van der Waals surface area contributed by atoms with Gasteiger partial charge in [-0.05, 0) is 42.2 Å². The largest absolute Gasteiger partial charge is 0.399 e. The molecule has 3 nitrogen and oxygen atoms in total. The average molecular weight is 282 g/mol. The number of hydrogen-bond donors (Lipinski definition) is 1. The van der Waals surface area contributed by atoms with Crippen molar-refractivity contribution < 1.29 is 4.79 Å². The van der Waals surface area contributed by atoms with Crippen LogP contribution in [0.4, 0.5) is 5.69 Å². The quantitative estimate of drug-likeness (QED) is 0.873. The van der Waals surface area contributed by atoms with Crippen molar-refractivity contribution in [2.45, 2.75) is 26.8 Å². The number of anilines is 1. The molecule has 0 radical (unpaired) electrons. The molecule has 0 atom stereocenters. The molecule has 0 fully saturated rings. The normalized spacial score (nSPS) is 10.4. The molecule has 1 amide bonds. The first-order valence-corrected chi connectivity index (χ1v) is 7.20. The zero-order valence-electron chi connectivity index (χ0n) is 12.9. The van der Waals surface area contributed by atoms with E-state index in [1.165, 1.54) is 5.56 Å². The highest BCUT2D eigenvalue weighted by Crippen LogP contribution is 2.16. The van der Waals surface area contributed by atoms with E-state index >= 15 is 0 Å². The van der Waals surface area contributed by atoms with E-state index in [0.29, 0.717) is 17.8 Å². The molecule has 0 aliphatic rings. The summed E-state index contributed by atoms with van der Waals surface area (Å²) in [4.78, 5) is 14.2. The molecule has 0 spiro atoms. The highest BCUT2D eigenvalue weighted by Gasteiger charge is 2.14. The molecule has 2 rings (SSSR count). The number of amides is 1. The molecule has 2 N–H and O–H groups in total. The van der Waals surface area contributed by atoms with Gasteiger partial charge < -0.3 is 10.6 Å². The summed E-state index contributed by atoms with van der Waals surface area (Å²) in [5.41, 5.74) is 10.4. The summed E-state index contributed by atoms with van der Waals surface area (Å²) in [5, 5.41) is 0. The van der Waals surface area contributed by atoms with E-state index in [1.807, 2.05) is 26.1 Å². The third kappa shape index (κ3) is 3.63. The summed E-state index contributed by atoms with van der Waals surface area (Å²) < 4.78 is 0. The number of nitrogen functional groups attached to an aromatic ring is 1. The Hall–Kier alpha value is -2.29. The topological polar surface area (TPSA) is 46.3 Å². The molecule has 0 bridgehead atoms. The molecule has 0 aliphatic carbocycles. The van der Waals surface area contributed by atoms with E-state index in [2.05, 4.69) is 31.2 Å². The molecular weight excluding hydrogens is 260 g/mol. The Bertz CT molecular complexity index is 632. The van der Waals surface area contributed by atoms with Crippen LogP contribution in [0.2, 0.25) is 0 Å². The zero-order chi connectivity index (χ0) is 15.4. The third-order valence-corrected chi connectivity index (χ3v) is 3.69. The number of nitrogens with zero attached hydrogens (tertiary/aromatic N) is 1. The summed E-state index contributed by atoms with van der Waals surface area (Å²) in [6.45, 7) is 4.65. The number of aryl methyl sites for hydroxylation is 2. The van der Waals surface area contributed by atoms with Crippen molar-refractivity contribution in [2.24, 2.45) is 0 Å². The van der Waals surface area contributed by atoms with Crippen LogP contribution in [-0.2, 0) is 13.0 Å². The van der Waals surface area contributed by atoms with Gasteiger partial charge in [0, 0.05) is 24.8 Å². The van der Waals surface area contributed by atoms with E-state index in [4.69, 9.17) is 5.73 Å². The minimum Gasteiger partial charge on any atom is -0.399 e. The lowest BCUT2D eigenvalue weighted by atomic mass is 10.1. The van der Waals surface area contributed by atoms with Crippen molar-refractivity contribution in [3.63, 3.8) is 0 Å². The van der Waals surface area contributed by atoms with Crippen molar-refractivity contribution in [1.29, 1.82) is 0 Å². The van der Waals surface area contributed by atoms with Gasteiger partial charge in [-0.15, -0.1) is 0 Å². The van der Waals surface area contributed by atoms with Gasteiger partial charge in [0.1, 0.15) is 0 Å². The van der Waals surface area contributed by atoms with Gasteiger partial charge in [-0.2, -0.15) is 0 Å². The van der Waals surface area contributed by atoms with E-state index in [-0.39, 0.29) is 5.91 Å². The van der Waals surface area contributed by atoms with Crippen LogP contribution in [-0.4, -0.2) is 17.9 Å². The van der Waals surface area contributed by atoms with Crippen LogP contribution < -0.4 is 5.73 Å². The van der Waals surface area contributed by atoms with Crippen LogP contribution >= 0.6 is 0 Å². The van der Waals surface area contributed by atoms with Gasteiger partial charge in [0.15, 0.2) is 0 Å². The Morgan fingerprint density at radius 2 is 1.71 bits per heavy atom. The lowest BCUT2D eigenvalue weighted by Gasteiger charge is -2.19. The predicted molar refractivity (Wildman–Crippen MR) is 87.2 cm³/mol. The zero-order valence-corrected chi connectivity index (χ0v) is 12.9. The smallest absolute Gasteiger partial charge is 0.254 e. The summed E-state index contributed by atoms with van der Waals surface area (Å²) >= 11 is 0. The number of carbonyl (C=O) groups excluding carboxylic acids is 1. The maximum absolute atomic E-state index is 12.5. The second kappa shape index (κ2) is 6.44. The Balaban J connectivity index is 2.13. The third-order valence-electron chi connectivity index (χ3n) is 3.69. The van der Waals surface area contributed by atoms with Crippen molar-refractivity contribution in [1.82, 2.24) is 4.90 Å². The van der Waals surface area contributed by atoms with E-state index < -0.39 is 0 Å². The number of benzene rings is 2. The second-order valence-corrected chi connectivity index (χ2v) is 5.41.